The maximum atomic E-state index is 13.1. The molecule has 13 nitrogen and oxygen atoms in total. The molecule has 41 heavy (non-hydrogen) atoms. The average molecular weight is 562 g/mol. The van der Waals surface area contributed by atoms with Crippen LogP contribution in [0.5, 0.6) is 0 Å². The molecule has 0 aliphatic carbocycles. The number of likely N-dealkylation sites (tertiary alicyclic amines) is 1. The fourth-order valence-corrected chi connectivity index (χ4v) is 5.02. The smallest absolute Gasteiger partial charge is 0.407 e. The zero-order valence-electron chi connectivity index (χ0n) is 22.0. The molecule has 2 aliphatic rings. The number of ether oxygens (including phenoxy) is 1. The van der Waals surface area contributed by atoms with Gasteiger partial charge in [-0.15, -0.1) is 5.10 Å². The Balaban J connectivity index is 1.27. The number of urea groups is 1. The highest BCUT2D eigenvalue weighted by atomic mass is 19.1. The van der Waals surface area contributed by atoms with Gasteiger partial charge in [0.2, 0.25) is 0 Å². The van der Waals surface area contributed by atoms with Crippen LogP contribution in [0.1, 0.15) is 18.9 Å². The lowest BCUT2D eigenvalue weighted by atomic mass is 10.1. The third-order valence-electron chi connectivity index (χ3n) is 7.20. The normalized spacial score (nSPS) is 16.1. The van der Waals surface area contributed by atoms with Crippen molar-refractivity contribution in [3.8, 4) is 11.4 Å². The van der Waals surface area contributed by atoms with E-state index in [0.29, 0.717) is 86.4 Å². The summed E-state index contributed by atoms with van der Waals surface area (Å²) in [5, 5.41) is 23.6. The fourth-order valence-electron chi connectivity index (χ4n) is 5.02. The minimum absolute atomic E-state index is 0.0397. The molecule has 14 heteroatoms. The van der Waals surface area contributed by atoms with Crippen LogP contribution in [-0.2, 0) is 4.74 Å². The number of nitrogens with zero attached hydrogens (tertiary/aromatic N) is 7. The van der Waals surface area contributed by atoms with Gasteiger partial charge in [-0.25, -0.2) is 28.6 Å². The van der Waals surface area contributed by atoms with Gasteiger partial charge in [0.25, 0.3) is 0 Å². The highest BCUT2D eigenvalue weighted by molar-refractivity contribution is 5.99. The first-order chi connectivity index (χ1) is 19.9. The van der Waals surface area contributed by atoms with Crippen LogP contribution in [0.2, 0.25) is 0 Å². The summed E-state index contributed by atoms with van der Waals surface area (Å²) in [6, 6.07) is 12.1. The number of benzene rings is 2. The number of piperidine rings is 1. The third-order valence-corrected chi connectivity index (χ3v) is 7.20. The summed E-state index contributed by atoms with van der Waals surface area (Å²) in [4.78, 5) is 37.0. The Labute approximate surface area is 233 Å². The monoisotopic (exact) mass is 561 g/mol. The van der Waals surface area contributed by atoms with Gasteiger partial charge in [-0.1, -0.05) is 5.21 Å². The van der Waals surface area contributed by atoms with Crippen LogP contribution in [-0.4, -0.2) is 86.5 Å². The van der Waals surface area contributed by atoms with Gasteiger partial charge >= 0.3 is 12.1 Å². The van der Waals surface area contributed by atoms with Crippen molar-refractivity contribution in [1.29, 1.82) is 0 Å². The molecule has 2 fully saturated rings. The molecule has 2 saturated heterocycles. The van der Waals surface area contributed by atoms with Crippen LogP contribution in [0.4, 0.5) is 31.2 Å². The van der Waals surface area contributed by atoms with Crippen LogP contribution < -0.4 is 15.5 Å². The minimum Gasteiger partial charge on any atom is -0.465 e. The predicted molar refractivity (Wildman–Crippen MR) is 148 cm³/mol. The Hall–Kier alpha value is -4.85. The highest BCUT2D eigenvalue weighted by Crippen LogP contribution is 2.31. The highest BCUT2D eigenvalue weighted by Gasteiger charge is 2.28. The second kappa shape index (κ2) is 11.3. The van der Waals surface area contributed by atoms with Crippen LogP contribution >= 0.6 is 0 Å². The number of carboxylic acid groups (broad SMARTS) is 1. The molecule has 0 unspecified atom stereocenters. The number of carbonyl (C=O) groups excluding carboxylic acids is 1. The first-order valence-corrected chi connectivity index (χ1v) is 13.3. The molecule has 3 N–H and O–H groups in total. The first kappa shape index (κ1) is 26.4. The van der Waals surface area contributed by atoms with Gasteiger partial charge in [0.15, 0.2) is 22.8 Å². The standard InChI is InChI=1S/C27H28FN9O4/c28-18-3-7-20(8-4-18)30-26(38)29-19-5-1-17(2-6-19)23-31-24(35-13-15-41-16-14-35)22-25(32-23)37(34-33-22)21-9-11-36(12-10-21)27(39)40/h1-8,21H,9-16H2,(H,39,40)(H2,29,30,38). The van der Waals surface area contributed by atoms with E-state index in [1.54, 1.807) is 16.8 Å². The van der Waals surface area contributed by atoms with Crippen molar-refractivity contribution in [3.05, 3.63) is 54.3 Å². The van der Waals surface area contributed by atoms with E-state index in [9.17, 15) is 19.1 Å². The van der Waals surface area contributed by atoms with Gasteiger partial charge in [0, 0.05) is 43.1 Å². The molecule has 0 spiro atoms. The Morgan fingerprint density at radius 1 is 0.902 bits per heavy atom. The number of carbonyl (C=O) groups is 2. The van der Waals surface area contributed by atoms with Gasteiger partial charge in [-0.3, -0.25) is 0 Å². The molecule has 2 aromatic carbocycles. The first-order valence-electron chi connectivity index (χ1n) is 13.3. The Kier molecular flexibility index (Phi) is 7.29. The Bertz CT molecular complexity index is 1550. The lowest BCUT2D eigenvalue weighted by Gasteiger charge is -2.30. The van der Waals surface area contributed by atoms with Crippen LogP contribution in [0.15, 0.2) is 48.5 Å². The number of rotatable bonds is 5. The number of anilines is 3. The van der Waals surface area contributed by atoms with Crippen molar-refractivity contribution in [2.24, 2.45) is 0 Å². The van der Waals surface area contributed by atoms with Crippen molar-refractivity contribution < 1.29 is 23.8 Å². The van der Waals surface area contributed by atoms with Gasteiger partial charge < -0.3 is 30.3 Å². The second-order valence-corrected chi connectivity index (χ2v) is 9.84. The lowest BCUT2D eigenvalue weighted by molar-refractivity contribution is 0.122. The summed E-state index contributed by atoms with van der Waals surface area (Å²) in [5.41, 5.74) is 2.94. The molecule has 0 radical (unpaired) electrons. The number of aromatic nitrogens is 5. The summed E-state index contributed by atoms with van der Waals surface area (Å²) in [6.07, 6.45) is 0.297. The minimum atomic E-state index is -0.919. The van der Waals surface area contributed by atoms with Gasteiger partial charge in [-0.2, -0.15) is 0 Å². The molecule has 4 aromatic rings. The molecule has 3 amide bonds. The fraction of sp³-hybridized carbons (Fsp3) is 0.333. The topological polar surface area (TPSA) is 151 Å². The van der Waals surface area contributed by atoms with Crippen molar-refractivity contribution >= 4 is 40.5 Å². The van der Waals surface area contributed by atoms with Gasteiger partial charge in [0.1, 0.15) is 5.82 Å². The van der Waals surface area contributed by atoms with Crippen molar-refractivity contribution in [1.82, 2.24) is 29.9 Å². The van der Waals surface area contributed by atoms with E-state index in [2.05, 4.69) is 25.8 Å². The molecule has 2 aliphatic heterocycles. The van der Waals surface area contributed by atoms with E-state index in [1.165, 1.54) is 29.2 Å². The molecular weight excluding hydrogens is 533 g/mol. The maximum Gasteiger partial charge on any atom is 0.407 e. The SMILES string of the molecule is O=C(Nc1ccc(F)cc1)Nc1ccc(-c2nc(N3CCOCC3)c3nnn(C4CCN(C(=O)O)CC4)c3n2)cc1. The molecule has 2 aromatic heterocycles. The Morgan fingerprint density at radius 2 is 1.54 bits per heavy atom. The average Bonchev–Trinajstić information content (AvgIpc) is 3.43. The van der Waals surface area contributed by atoms with Gasteiger partial charge in [0.05, 0.1) is 19.3 Å². The molecule has 4 heterocycles. The van der Waals surface area contributed by atoms with Crippen molar-refractivity contribution in [3.63, 3.8) is 0 Å². The maximum absolute atomic E-state index is 13.1. The van der Waals surface area contributed by atoms with Gasteiger partial charge in [-0.05, 0) is 61.4 Å². The van der Waals surface area contributed by atoms with E-state index >= 15 is 0 Å². The number of hydrogen-bond acceptors (Lipinski definition) is 8. The van der Waals surface area contributed by atoms with Crippen molar-refractivity contribution in [2.75, 3.05) is 54.9 Å². The van der Waals surface area contributed by atoms with E-state index < -0.39 is 12.1 Å². The molecule has 0 saturated carbocycles. The number of halogens is 1. The summed E-state index contributed by atoms with van der Waals surface area (Å²) >= 11 is 0. The molecule has 0 bridgehead atoms. The van der Waals surface area contributed by atoms with Crippen LogP contribution in [0.25, 0.3) is 22.6 Å². The zero-order valence-corrected chi connectivity index (χ0v) is 22.0. The van der Waals surface area contributed by atoms with Crippen LogP contribution in [0.3, 0.4) is 0 Å². The number of morpholine rings is 1. The summed E-state index contributed by atoms with van der Waals surface area (Å²) in [7, 11) is 0. The number of fused-ring (bicyclic) bond motifs is 1. The largest absolute Gasteiger partial charge is 0.465 e. The molecular formula is C27H28FN9O4. The number of amides is 3. The summed E-state index contributed by atoms with van der Waals surface area (Å²) in [6.45, 7) is 3.28. The summed E-state index contributed by atoms with van der Waals surface area (Å²) < 4.78 is 20.4. The third kappa shape index (κ3) is 5.72. The number of nitrogens with one attached hydrogen (secondary N) is 2. The molecule has 0 atom stereocenters. The Morgan fingerprint density at radius 3 is 2.17 bits per heavy atom. The van der Waals surface area contributed by atoms with E-state index in [0.717, 1.165) is 5.56 Å². The van der Waals surface area contributed by atoms with E-state index in [1.807, 2.05) is 12.1 Å². The predicted octanol–water partition coefficient (Wildman–Crippen LogP) is 3.82. The zero-order chi connectivity index (χ0) is 28.3. The summed E-state index contributed by atoms with van der Waals surface area (Å²) in [5.74, 6) is 0.766. The van der Waals surface area contributed by atoms with Crippen LogP contribution in [0, 0.1) is 5.82 Å². The van der Waals surface area contributed by atoms with E-state index in [4.69, 9.17) is 14.7 Å². The quantitative estimate of drug-likeness (QED) is 0.330. The van der Waals surface area contributed by atoms with E-state index in [-0.39, 0.29) is 11.9 Å². The van der Waals surface area contributed by atoms with Crippen molar-refractivity contribution in [2.45, 2.75) is 18.9 Å². The lowest BCUT2D eigenvalue weighted by Crippen LogP contribution is -2.38. The molecule has 212 valence electrons. The molecule has 6 rings (SSSR count). The second-order valence-electron chi connectivity index (χ2n) is 9.84. The number of hydrogen-bond donors (Lipinski definition) is 3.